The van der Waals surface area contributed by atoms with Gasteiger partial charge in [0.25, 0.3) is 5.92 Å². The maximum atomic E-state index is 12.9. The van der Waals surface area contributed by atoms with E-state index in [2.05, 4.69) is 22.6 Å². The molecule has 31 heavy (non-hydrogen) atoms. The van der Waals surface area contributed by atoms with Crippen LogP contribution < -0.4 is 0 Å². The van der Waals surface area contributed by atoms with Crippen molar-refractivity contribution in [3.8, 4) is 0 Å². The number of halogens is 2. The molecule has 170 valence electrons. The van der Waals surface area contributed by atoms with E-state index >= 15 is 0 Å². The van der Waals surface area contributed by atoms with E-state index in [1.165, 1.54) is 19.2 Å². The van der Waals surface area contributed by atoms with Crippen molar-refractivity contribution in [1.29, 1.82) is 0 Å². The number of carbonyl (C=O) groups is 1. The number of hydrogen-bond donors (Lipinski definition) is 0. The number of rotatable bonds is 6. The van der Waals surface area contributed by atoms with Gasteiger partial charge in [-0.05, 0) is 29.7 Å². The van der Waals surface area contributed by atoms with Gasteiger partial charge < -0.3 is 14.2 Å². The van der Waals surface area contributed by atoms with Crippen LogP contribution in [0.4, 0.5) is 8.78 Å². The molecule has 0 fully saturated rings. The number of carbonyl (C=O) groups excluding carboxylic acids is 1. The van der Waals surface area contributed by atoms with Crippen molar-refractivity contribution in [2.24, 2.45) is 0 Å². The van der Waals surface area contributed by atoms with Crippen LogP contribution in [-0.4, -0.2) is 34.4 Å². The Kier molecular flexibility index (Phi) is 12.9. The maximum absolute atomic E-state index is 12.9. The highest BCUT2D eigenvalue weighted by atomic mass is 19.3. The molecule has 2 rings (SSSR count). The molecule has 2 aromatic carbocycles. The molecule has 0 spiro atoms. The predicted octanol–water partition coefficient (Wildman–Crippen LogP) is 6.11. The fourth-order valence-electron chi connectivity index (χ4n) is 2.39. The Morgan fingerprint density at radius 1 is 1.00 bits per heavy atom. The molecule has 0 aromatic heterocycles. The van der Waals surface area contributed by atoms with Gasteiger partial charge in [0, 0.05) is 33.8 Å². The highest BCUT2D eigenvalue weighted by molar-refractivity contribution is 6.15. The quantitative estimate of drug-likeness (QED) is 0.406. The zero-order valence-corrected chi connectivity index (χ0v) is 19.1. The third-order valence-electron chi connectivity index (χ3n) is 3.94. The van der Waals surface area contributed by atoms with Crippen LogP contribution in [0.15, 0.2) is 61.7 Å². The van der Waals surface area contributed by atoms with E-state index in [0.717, 1.165) is 29.2 Å². The van der Waals surface area contributed by atoms with E-state index in [9.17, 15) is 13.6 Å². The van der Waals surface area contributed by atoms with Gasteiger partial charge in [0.2, 0.25) is 0 Å². The highest BCUT2D eigenvalue weighted by Gasteiger charge is 2.24. The average Bonchev–Trinajstić information content (AvgIpc) is 2.74. The molecule has 0 heterocycles. The molecule has 0 unspecified atom stereocenters. The fraction of sp³-hybridized carbons (Fsp3) is 0.320. The Hall–Kier alpha value is -2.83. The summed E-state index contributed by atoms with van der Waals surface area (Å²) < 4.78 is 39.6. The Morgan fingerprint density at radius 3 is 2.06 bits per heavy atom. The lowest BCUT2D eigenvalue weighted by atomic mass is 10.0. The fourth-order valence-corrected chi connectivity index (χ4v) is 2.39. The summed E-state index contributed by atoms with van der Waals surface area (Å²) in [6.07, 6.45) is 0. The molecule has 4 nitrogen and oxygen atoms in total. The summed E-state index contributed by atoms with van der Waals surface area (Å²) in [7, 11) is 6.20. The predicted molar refractivity (Wildman–Crippen MR) is 122 cm³/mol. The smallest absolute Gasteiger partial charge is 0.337 e. The number of allylic oxidation sites excluding steroid dienone is 1. The van der Waals surface area contributed by atoms with Crippen LogP contribution in [-0.2, 0) is 31.5 Å². The van der Waals surface area contributed by atoms with E-state index in [1.807, 2.05) is 24.3 Å². The van der Waals surface area contributed by atoms with Crippen molar-refractivity contribution in [3.05, 3.63) is 83.9 Å². The first-order chi connectivity index (χ1) is 14.5. The van der Waals surface area contributed by atoms with Crippen molar-refractivity contribution >= 4 is 17.1 Å². The summed E-state index contributed by atoms with van der Waals surface area (Å²) in [4.78, 5) is 11.3. The number of esters is 1. The zero-order chi connectivity index (χ0) is 24.0. The molecule has 0 saturated carbocycles. The summed E-state index contributed by atoms with van der Waals surface area (Å²) in [5.41, 5.74) is 3.64. The molecule has 0 amide bonds. The van der Waals surface area contributed by atoms with Gasteiger partial charge in [-0.25, -0.2) is 13.6 Å². The van der Waals surface area contributed by atoms with Gasteiger partial charge in [-0.1, -0.05) is 61.2 Å². The molecular formula is C25H32F2O4. The molecule has 0 aliphatic carbocycles. The number of alkyl halides is 2. The molecule has 2 aromatic rings. The van der Waals surface area contributed by atoms with Crippen LogP contribution in [0.25, 0.3) is 11.1 Å². The average molecular weight is 435 g/mol. The third kappa shape index (κ3) is 10.2. The zero-order valence-electron chi connectivity index (χ0n) is 19.1. The highest BCUT2D eigenvalue weighted by Crippen LogP contribution is 2.28. The molecule has 0 radical (unpaired) electrons. The molecule has 0 bridgehead atoms. The van der Waals surface area contributed by atoms with Gasteiger partial charge in [0.1, 0.15) is 0 Å². The molecule has 0 aliphatic heterocycles. The minimum Gasteiger partial charge on any atom is -0.465 e. The lowest BCUT2D eigenvalue weighted by Gasteiger charge is -2.11. The first kappa shape index (κ1) is 28.2. The van der Waals surface area contributed by atoms with Gasteiger partial charge in [0.05, 0.1) is 19.3 Å². The molecule has 0 saturated heterocycles. The molecule has 0 N–H and O–H groups in total. The lowest BCUT2D eigenvalue weighted by Crippen LogP contribution is -2.06. The van der Waals surface area contributed by atoms with E-state index < -0.39 is 11.9 Å². The normalized spacial score (nSPS) is 10.1. The van der Waals surface area contributed by atoms with Crippen molar-refractivity contribution < 1.29 is 27.8 Å². The van der Waals surface area contributed by atoms with Crippen molar-refractivity contribution in [3.63, 3.8) is 0 Å². The van der Waals surface area contributed by atoms with E-state index in [1.54, 1.807) is 40.4 Å². The van der Waals surface area contributed by atoms with Crippen LogP contribution >= 0.6 is 0 Å². The summed E-state index contributed by atoms with van der Waals surface area (Å²) >= 11 is 0. The monoisotopic (exact) mass is 434 g/mol. The van der Waals surface area contributed by atoms with Gasteiger partial charge >= 0.3 is 5.97 Å². The van der Waals surface area contributed by atoms with Gasteiger partial charge in [-0.2, -0.15) is 0 Å². The molecule has 0 aliphatic rings. The maximum Gasteiger partial charge on any atom is 0.337 e. The second-order valence-corrected chi connectivity index (χ2v) is 6.72. The standard InChI is InChI=1S/C12H14O3.C11H12F2.C2H6O/c1-9(12(13)15-3)11-7-5-4-6-10(11)8-14-2;1-8(2)9-5-4-6-10(7-9)11(3,12)13;1-3-2/h4-7H,1,8H2,2-3H3;4-7H,1H2,2-3H3;1-2H3. The van der Waals surface area contributed by atoms with E-state index in [0.29, 0.717) is 12.2 Å². The third-order valence-corrected chi connectivity index (χ3v) is 3.94. The van der Waals surface area contributed by atoms with Gasteiger partial charge in [-0.3, -0.25) is 0 Å². The van der Waals surface area contributed by atoms with Gasteiger partial charge in [0.15, 0.2) is 0 Å². The molecule has 6 heteroatoms. The van der Waals surface area contributed by atoms with Crippen LogP contribution in [0.2, 0.25) is 0 Å². The number of hydrogen-bond acceptors (Lipinski definition) is 4. The minimum absolute atomic E-state index is 0.0352. The SMILES string of the molecule is C=C(C(=O)OC)c1ccccc1COC.C=C(C)c1cccc(C(C)(F)F)c1.COC. The Morgan fingerprint density at radius 2 is 1.58 bits per heavy atom. The summed E-state index contributed by atoms with van der Waals surface area (Å²) in [6.45, 7) is 10.6. The van der Waals surface area contributed by atoms with Crippen LogP contribution in [0.3, 0.4) is 0 Å². The summed E-state index contributed by atoms with van der Waals surface area (Å²) in [5, 5.41) is 0. The minimum atomic E-state index is -2.77. The van der Waals surface area contributed by atoms with Crippen molar-refractivity contribution in [2.75, 3.05) is 28.4 Å². The van der Waals surface area contributed by atoms with Crippen molar-refractivity contribution in [1.82, 2.24) is 0 Å². The second-order valence-electron chi connectivity index (χ2n) is 6.72. The van der Waals surface area contributed by atoms with E-state index in [-0.39, 0.29) is 5.56 Å². The molecular weight excluding hydrogens is 402 g/mol. The van der Waals surface area contributed by atoms with Crippen LogP contribution in [0, 0.1) is 0 Å². The Labute approximate surface area is 184 Å². The number of benzene rings is 2. The second kappa shape index (κ2) is 14.2. The molecule has 0 atom stereocenters. The largest absolute Gasteiger partial charge is 0.465 e. The topological polar surface area (TPSA) is 44.8 Å². The lowest BCUT2D eigenvalue weighted by molar-refractivity contribution is -0.133. The van der Waals surface area contributed by atoms with E-state index in [4.69, 9.17) is 4.74 Å². The van der Waals surface area contributed by atoms with Crippen LogP contribution in [0.1, 0.15) is 36.1 Å². The summed E-state index contributed by atoms with van der Waals surface area (Å²) in [5.74, 6) is -3.19. The van der Waals surface area contributed by atoms with Crippen LogP contribution in [0.5, 0.6) is 0 Å². The first-order valence-electron chi connectivity index (χ1n) is 9.42. The first-order valence-corrected chi connectivity index (χ1v) is 9.42. The van der Waals surface area contributed by atoms with Gasteiger partial charge in [-0.15, -0.1) is 0 Å². The number of ether oxygens (including phenoxy) is 3. The number of methoxy groups -OCH3 is 3. The Bertz CT molecular complexity index is 855. The Balaban J connectivity index is 0.000000519. The van der Waals surface area contributed by atoms with Crippen molar-refractivity contribution in [2.45, 2.75) is 26.4 Å². The summed E-state index contributed by atoms with van der Waals surface area (Å²) in [6, 6.07) is 13.8.